The van der Waals surface area contributed by atoms with Crippen LogP contribution in [0.4, 0.5) is 0 Å². The zero-order valence-electron chi connectivity index (χ0n) is 11.2. The Labute approximate surface area is 110 Å². The molecule has 1 aliphatic carbocycles. The van der Waals surface area contributed by atoms with Crippen LogP contribution in [0, 0.1) is 5.41 Å². The molecule has 0 aromatic heterocycles. The van der Waals surface area contributed by atoms with Crippen molar-refractivity contribution in [3.8, 4) is 0 Å². The Bertz CT molecular complexity index is 296. The highest BCUT2D eigenvalue weighted by Crippen LogP contribution is 2.40. The van der Waals surface area contributed by atoms with Crippen molar-refractivity contribution in [2.75, 3.05) is 6.54 Å². The van der Waals surface area contributed by atoms with E-state index in [1.165, 1.54) is 0 Å². The van der Waals surface area contributed by atoms with Crippen LogP contribution < -0.4 is 5.73 Å². The standard InChI is InChI=1S/C13H24N2OS/c1-4-9-15(10(2)3)12(16)13(11(14)17)7-5-6-8-13/h10H,4-9H2,1-3H3,(H2,14,17). The molecule has 0 heterocycles. The molecule has 4 heteroatoms. The number of carbonyl (C=O) groups excluding carboxylic acids is 1. The predicted octanol–water partition coefficient (Wildman–Crippen LogP) is 2.48. The molecule has 0 aromatic rings. The number of carbonyl (C=O) groups is 1. The third kappa shape index (κ3) is 2.79. The van der Waals surface area contributed by atoms with Crippen LogP contribution in [0.1, 0.15) is 52.9 Å². The molecule has 0 saturated heterocycles. The fraction of sp³-hybridized carbons (Fsp3) is 0.846. The minimum Gasteiger partial charge on any atom is -0.392 e. The van der Waals surface area contributed by atoms with E-state index in [1.807, 2.05) is 4.90 Å². The Morgan fingerprint density at radius 1 is 1.41 bits per heavy atom. The normalized spacial score (nSPS) is 18.4. The third-order valence-corrected chi connectivity index (χ3v) is 4.08. The number of nitrogens with two attached hydrogens (primary N) is 1. The van der Waals surface area contributed by atoms with Crippen LogP contribution in [-0.2, 0) is 4.79 Å². The first-order chi connectivity index (χ1) is 7.95. The summed E-state index contributed by atoms with van der Waals surface area (Å²) in [6.45, 7) is 6.98. The fourth-order valence-electron chi connectivity index (χ4n) is 2.65. The van der Waals surface area contributed by atoms with Crippen molar-refractivity contribution >= 4 is 23.1 Å². The number of hydrogen-bond donors (Lipinski definition) is 1. The van der Waals surface area contributed by atoms with Crippen LogP contribution in [0.3, 0.4) is 0 Å². The van der Waals surface area contributed by atoms with Gasteiger partial charge in [0.1, 0.15) is 0 Å². The Morgan fingerprint density at radius 3 is 2.29 bits per heavy atom. The maximum atomic E-state index is 12.7. The molecule has 0 unspecified atom stereocenters. The SMILES string of the molecule is CCCN(C(=O)C1(C(N)=S)CCCC1)C(C)C. The second-order valence-corrected chi connectivity index (χ2v) is 5.69. The first kappa shape index (κ1) is 14.4. The molecule has 3 nitrogen and oxygen atoms in total. The van der Waals surface area contributed by atoms with Crippen molar-refractivity contribution in [3.63, 3.8) is 0 Å². The Hall–Kier alpha value is -0.640. The van der Waals surface area contributed by atoms with Gasteiger partial charge in [-0.1, -0.05) is 32.0 Å². The highest BCUT2D eigenvalue weighted by atomic mass is 32.1. The Balaban J connectivity index is 2.94. The van der Waals surface area contributed by atoms with Gasteiger partial charge in [0, 0.05) is 12.6 Å². The minimum atomic E-state index is -0.547. The summed E-state index contributed by atoms with van der Waals surface area (Å²) in [4.78, 5) is 15.0. The molecule has 0 bridgehead atoms. The topological polar surface area (TPSA) is 46.3 Å². The van der Waals surface area contributed by atoms with Gasteiger partial charge in [-0.25, -0.2) is 0 Å². The lowest BCUT2D eigenvalue weighted by atomic mass is 9.84. The summed E-state index contributed by atoms with van der Waals surface area (Å²) in [6.07, 6.45) is 4.74. The van der Waals surface area contributed by atoms with Gasteiger partial charge in [0.25, 0.3) is 0 Å². The molecular formula is C13H24N2OS. The van der Waals surface area contributed by atoms with E-state index in [0.29, 0.717) is 4.99 Å². The van der Waals surface area contributed by atoms with Crippen molar-refractivity contribution in [1.82, 2.24) is 4.90 Å². The molecule has 98 valence electrons. The number of amides is 1. The molecule has 1 rings (SSSR count). The highest BCUT2D eigenvalue weighted by Gasteiger charge is 2.46. The van der Waals surface area contributed by atoms with Gasteiger partial charge >= 0.3 is 0 Å². The summed E-state index contributed by atoms with van der Waals surface area (Å²) in [5, 5.41) is 0. The smallest absolute Gasteiger partial charge is 0.235 e. The lowest BCUT2D eigenvalue weighted by molar-refractivity contribution is -0.139. The summed E-state index contributed by atoms with van der Waals surface area (Å²) >= 11 is 5.16. The number of nitrogens with zero attached hydrogens (tertiary/aromatic N) is 1. The summed E-state index contributed by atoms with van der Waals surface area (Å²) in [7, 11) is 0. The lowest BCUT2D eigenvalue weighted by Gasteiger charge is -2.36. The minimum absolute atomic E-state index is 0.152. The van der Waals surface area contributed by atoms with Crippen LogP contribution in [0.25, 0.3) is 0 Å². The van der Waals surface area contributed by atoms with Crippen LogP contribution in [0.15, 0.2) is 0 Å². The van der Waals surface area contributed by atoms with E-state index < -0.39 is 5.41 Å². The van der Waals surface area contributed by atoms with E-state index in [4.69, 9.17) is 18.0 Å². The quantitative estimate of drug-likeness (QED) is 0.769. The largest absolute Gasteiger partial charge is 0.392 e. The zero-order chi connectivity index (χ0) is 13.1. The van der Waals surface area contributed by atoms with E-state index in [-0.39, 0.29) is 11.9 Å². The number of rotatable bonds is 5. The average Bonchev–Trinajstić information content (AvgIpc) is 2.74. The molecule has 0 aromatic carbocycles. The maximum Gasteiger partial charge on any atom is 0.235 e. The third-order valence-electron chi connectivity index (χ3n) is 3.69. The van der Waals surface area contributed by atoms with Gasteiger partial charge < -0.3 is 10.6 Å². The lowest BCUT2D eigenvalue weighted by Crippen LogP contribution is -2.51. The van der Waals surface area contributed by atoms with Crippen LogP contribution in [0.2, 0.25) is 0 Å². The molecule has 1 fully saturated rings. The van der Waals surface area contributed by atoms with E-state index in [9.17, 15) is 4.79 Å². The second kappa shape index (κ2) is 5.80. The molecule has 1 saturated carbocycles. The van der Waals surface area contributed by atoms with Crippen LogP contribution >= 0.6 is 12.2 Å². The summed E-state index contributed by atoms with van der Waals surface area (Å²) in [6, 6.07) is 0.217. The molecule has 2 N–H and O–H groups in total. The van der Waals surface area contributed by atoms with E-state index in [0.717, 1.165) is 38.6 Å². The summed E-state index contributed by atoms with van der Waals surface area (Å²) in [5.74, 6) is 0.152. The zero-order valence-corrected chi connectivity index (χ0v) is 12.0. The monoisotopic (exact) mass is 256 g/mol. The average molecular weight is 256 g/mol. The first-order valence-electron chi connectivity index (χ1n) is 6.56. The molecule has 0 aliphatic heterocycles. The highest BCUT2D eigenvalue weighted by molar-refractivity contribution is 7.80. The molecule has 0 radical (unpaired) electrons. The predicted molar refractivity (Wildman–Crippen MR) is 74.8 cm³/mol. The van der Waals surface area contributed by atoms with Gasteiger partial charge in [-0.3, -0.25) is 4.79 Å². The van der Waals surface area contributed by atoms with Gasteiger partial charge in [0.05, 0.1) is 10.4 Å². The molecule has 0 spiro atoms. The molecular weight excluding hydrogens is 232 g/mol. The van der Waals surface area contributed by atoms with Crippen molar-refractivity contribution in [1.29, 1.82) is 0 Å². The Morgan fingerprint density at radius 2 is 1.94 bits per heavy atom. The first-order valence-corrected chi connectivity index (χ1v) is 6.97. The van der Waals surface area contributed by atoms with Gasteiger partial charge in [-0.15, -0.1) is 0 Å². The molecule has 1 amide bonds. The molecule has 17 heavy (non-hydrogen) atoms. The Kier molecular flexibility index (Phi) is 4.92. The second-order valence-electron chi connectivity index (χ2n) is 5.25. The van der Waals surface area contributed by atoms with Gasteiger partial charge in [0.15, 0.2) is 0 Å². The fourth-order valence-corrected chi connectivity index (χ4v) is 2.95. The van der Waals surface area contributed by atoms with Gasteiger partial charge in [-0.05, 0) is 33.1 Å². The summed E-state index contributed by atoms with van der Waals surface area (Å²) in [5.41, 5.74) is 5.30. The van der Waals surface area contributed by atoms with E-state index >= 15 is 0 Å². The van der Waals surface area contributed by atoms with E-state index in [2.05, 4.69) is 20.8 Å². The van der Waals surface area contributed by atoms with Gasteiger partial charge in [0.2, 0.25) is 5.91 Å². The molecule has 1 aliphatic rings. The summed E-state index contributed by atoms with van der Waals surface area (Å²) < 4.78 is 0. The number of thiocarbonyl (C=S) groups is 1. The van der Waals surface area contributed by atoms with Crippen LogP contribution in [-0.4, -0.2) is 28.4 Å². The molecule has 0 atom stereocenters. The van der Waals surface area contributed by atoms with Crippen molar-refractivity contribution in [2.24, 2.45) is 11.1 Å². The van der Waals surface area contributed by atoms with Crippen molar-refractivity contribution < 1.29 is 4.79 Å². The van der Waals surface area contributed by atoms with Gasteiger partial charge in [-0.2, -0.15) is 0 Å². The van der Waals surface area contributed by atoms with Crippen molar-refractivity contribution in [3.05, 3.63) is 0 Å². The number of hydrogen-bond acceptors (Lipinski definition) is 2. The van der Waals surface area contributed by atoms with Crippen LogP contribution in [0.5, 0.6) is 0 Å². The maximum absolute atomic E-state index is 12.7. The van der Waals surface area contributed by atoms with E-state index in [1.54, 1.807) is 0 Å². The van der Waals surface area contributed by atoms with Crippen molar-refractivity contribution in [2.45, 2.75) is 58.9 Å².